The second kappa shape index (κ2) is 8.72. The number of aromatic nitrogens is 1. The molecule has 23 heavy (non-hydrogen) atoms. The smallest absolute Gasteiger partial charge is 0.252 e. The monoisotopic (exact) mass is 353 g/mol. The zero-order valence-corrected chi connectivity index (χ0v) is 14.1. The van der Waals surface area contributed by atoms with Crippen molar-refractivity contribution >= 4 is 40.5 Å². The van der Waals surface area contributed by atoms with Crippen molar-refractivity contribution in [3.05, 3.63) is 52.3 Å². The maximum Gasteiger partial charge on any atom is 0.252 e. The van der Waals surface area contributed by atoms with Crippen molar-refractivity contribution in [3.63, 3.8) is 0 Å². The average molecular weight is 354 g/mol. The zero-order valence-electron chi connectivity index (χ0n) is 12.6. The second-order valence-electron chi connectivity index (χ2n) is 4.79. The molecule has 0 bridgehead atoms. The van der Waals surface area contributed by atoms with Crippen molar-refractivity contribution in [2.24, 2.45) is 0 Å². The summed E-state index contributed by atoms with van der Waals surface area (Å²) in [6, 6.07) is 7.00. The van der Waals surface area contributed by atoms with Gasteiger partial charge in [-0.15, -0.1) is 0 Å². The Labute approximate surface area is 145 Å². The SMILES string of the molecule is COCCCNC(=O)c1cncc(Nc2cccc(Cl)c2Cl)c1. The molecule has 0 unspecified atom stereocenters. The van der Waals surface area contributed by atoms with Crippen LogP contribution in [0.4, 0.5) is 11.4 Å². The van der Waals surface area contributed by atoms with E-state index in [9.17, 15) is 4.79 Å². The molecule has 1 aromatic carbocycles. The Bertz CT molecular complexity index is 680. The summed E-state index contributed by atoms with van der Waals surface area (Å²) in [5, 5.41) is 6.79. The van der Waals surface area contributed by atoms with Crippen LogP contribution in [0.1, 0.15) is 16.8 Å². The molecule has 2 aromatic rings. The van der Waals surface area contributed by atoms with Gasteiger partial charge < -0.3 is 15.4 Å². The van der Waals surface area contributed by atoms with E-state index in [4.69, 9.17) is 27.9 Å². The van der Waals surface area contributed by atoms with Crippen LogP contribution in [0.3, 0.4) is 0 Å². The fraction of sp³-hybridized carbons (Fsp3) is 0.250. The number of benzene rings is 1. The highest BCUT2D eigenvalue weighted by molar-refractivity contribution is 6.43. The van der Waals surface area contributed by atoms with Crippen molar-refractivity contribution in [1.82, 2.24) is 10.3 Å². The van der Waals surface area contributed by atoms with Crippen LogP contribution in [0.5, 0.6) is 0 Å². The van der Waals surface area contributed by atoms with Crippen molar-refractivity contribution in [1.29, 1.82) is 0 Å². The maximum absolute atomic E-state index is 12.1. The summed E-state index contributed by atoms with van der Waals surface area (Å²) < 4.78 is 4.94. The quantitative estimate of drug-likeness (QED) is 0.741. The molecule has 0 atom stereocenters. The molecule has 0 saturated heterocycles. The van der Waals surface area contributed by atoms with Crippen LogP contribution >= 0.6 is 23.2 Å². The molecule has 0 aliphatic carbocycles. The molecular formula is C16H17Cl2N3O2. The Balaban J connectivity index is 2.04. The number of carbonyl (C=O) groups is 1. The van der Waals surface area contributed by atoms with Gasteiger partial charge in [0.25, 0.3) is 5.91 Å². The largest absolute Gasteiger partial charge is 0.385 e. The molecule has 5 nitrogen and oxygen atoms in total. The van der Waals surface area contributed by atoms with Gasteiger partial charge in [0.2, 0.25) is 0 Å². The van der Waals surface area contributed by atoms with E-state index in [1.54, 1.807) is 37.6 Å². The Morgan fingerprint density at radius 2 is 2.13 bits per heavy atom. The number of hydrogen-bond donors (Lipinski definition) is 2. The van der Waals surface area contributed by atoms with Gasteiger partial charge in [0.1, 0.15) is 0 Å². The molecule has 0 fully saturated rings. The highest BCUT2D eigenvalue weighted by atomic mass is 35.5. The summed E-state index contributed by atoms with van der Waals surface area (Å²) in [4.78, 5) is 16.1. The van der Waals surface area contributed by atoms with Gasteiger partial charge in [-0.05, 0) is 24.6 Å². The summed E-state index contributed by atoms with van der Waals surface area (Å²) in [6.45, 7) is 1.15. The van der Waals surface area contributed by atoms with Crippen LogP contribution < -0.4 is 10.6 Å². The van der Waals surface area contributed by atoms with Gasteiger partial charge >= 0.3 is 0 Å². The zero-order chi connectivity index (χ0) is 16.7. The molecule has 0 aliphatic heterocycles. The Morgan fingerprint density at radius 3 is 2.91 bits per heavy atom. The molecule has 2 rings (SSSR count). The molecule has 1 amide bonds. The number of amides is 1. The summed E-state index contributed by atoms with van der Waals surface area (Å²) in [6.07, 6.45) is 3.88. The predicted octanol–water partition coefficient (Wildman–Crippen LogP) is 3.90. The van der Waals surface area contributed by atoms with E-state index >= 15 is 0 Å². The topological polar surface area (TPSA) is 63.2 Å². The van der Waals surface area contributed by atoms with Gasteiger partial charge in [0.05, 0.1) is 33.2 Å². The van der Waals surface area contributed by atoms with Crippen LogP contribution in [0, 0.1) is 0 Å². The molecular weight excluding hydrogens is 337 g/mol. The van der Waals surface area contributed by atoms with Crippen molar-refractivity contribution in [2.45, 2.75) is 6.42 Å². The lowest BCUT2D eigenvalue weighted by Gasteiger charge is -2.10. The molecule has 1 aromatic heterocycles. The van der Waals surface area contributed by atoms with Crippen LogP contribution in [0.25, 0.3) is 0 Å². The lowest BCUT2D eigenvalue weighted by atomic mass is 10.2. The van der Waals surface area contributed by atoms with E-state index in [1.165, 1.54) is 6.20 Å². The maximum atomic E-state index is 12.1. The Kier molecular flexibility index (Phi) is 6.65. The number of pyridine rings is 1. The van der Waals surface area contributed by atoms with Crippen LogP contribution in [-0.4, -0.2) is 31.2 Å². The summed E-state index contributed by atoms with van der Waals surface area (Å²) in [5.74, 6) is -0.186. The van der Waals surface area contributed by atoms with Crippen LogP contribution in [0.2, 0.25) is 10.0 Å². The number of halogens is 2. The summed E-state index contributed by atoms with van der Waals surface area (Å²) >= 11 is 12.1. The number of hydrogen-bond acceptors (Lipinski definition) is 4. The first-order valence-electron chi connectivity index (χ1n) is 7.05. The van der Waals surface area contributed by atoms with Crippen molar-refractivity contribution < 1.29 is 9.53 Å². The first-order chi connectivity index (χ1) is 11.1. The fourth-order valence-corrected chi connectivity index (χ4v) is 2.26. The minimum atomic E-state index is -0.186. The second-order valence-corrected chi connectivity index (χ2v) is 5.58. The predicted molar refractivity (Wildman–Crippen MR) is 92.8 cm³/mol. The van der Waals surface area contributed by atoms with Crippen LogP contribution in [0.15, 0.2) is 36.7 Å². The van der Waals surface area contributed by atoms with E-state index in [0.717, 1.165) is 6.42 Å². The third kappa shape index (κ3) is 5.10. The number of ether oxygens (including phenoxy) is 1. The third-order valence-electron chi connectivity index (χ3n) is 3.04. The third-order valence-corrected chi connectivity index (χ3v) is 3.86. The molecule has 0 aliphatic rings. The standard InChI is InChI=1S/C16H17Cl2N3O2/c1-23-7-3-6-20-16(22)11-8-12(10-19-9-11)21-14-5-2-4-13(17)15(14)18/h2,4-5,8-10,21H,3,6-7H2,1H3,(H,20,22). The van der Waals surface area contributed by atoms with Crippen molar-refractivity contribution in [2.75, 3.05) is 25.6 Å². The number of nitrogens with zero attached hydrogens (tertiary/aromatic N) is 1. The lowest BCUT2D eigenvalue weighted by Crippen LogP contribution is -2.25. The molecule has 2 N–H and O–H groups in total. The first-order valence-corrected chi connectivity index (χ1v) is 7.80. The van der Waals surface area contributed by atoms with Gasteiger partial charge in [-0.25, -0.2) is 0 Å². The minimum absolute atomic E-state index is 0.186. The fourth-order valence-electron chi connectivity index (χ4n) is 1.91. The number of anilines is 2. The van der Waals surface area contributed by atoms with Crippen LogP contribution in [-0.2, 0) is 4.74 Å². The minimum Gasteiger partial charge on any atom is -0.385 e. The summed E-state index contributed by atoms with van der Waals surface area (Å²) in [5.41, 5.74) is 1.77. The highest BCUT2D eigenvalue weighted by Crippen LogP contribution is 2.31. The van der Waals surface area contributed by atoms with Gasteiger partial charge in [-0.3, -0.25) is 9.78 Å². The van der Waals surface area contributed by atoms with E-state index < -0.39 is 0 Å². The Morgan fingerprint density at radius 1 is 1.30 bits per heavy atom. The number of methoxy groups -OCH3 is 1. The first kappa shape index (κ1) is 17.5. The van der Waals surface area contributed by atoms with Gasteiger partial charge in [-0.1, -0.05) is 29.3 Å². The normalized spacial score (nSPS) is 10.4. The number of rotatable bonds is 7. The Hall–Kier alpha value is -1.82. The molecule has 122 valence electrons. The molecule has 0 spiro atoms. The van der Waals surface area contributed by atoms with E-state index in [2.05, 4.69) is 15.6 Å². The van der Waals surface area contributed by atoms with E-state index in [-0.39, 0.29) is 5.91 Å². The highest BCUT2D eigenvalue weighted by Gasteiger charge is 2.08. The average Bonchev–Trinajstić information content (AvgIpc) is 2.56. The molecule has 7 heteroatoms. The molecule has 0 radical (unpaired) electrons. The number of carbonyl (C=O) groups excluding carboxylic acids is 1. The lowest BCUT2D eigenvalue weighted by molar-refractivity contribution is 0.0948. The van der Waals surface area contributed by atoms with Gasteiger partial charge in [-0.2, -0.15) is 0 Å². The van der Waals surface area contributed by atoms with Gasteiger partial charge in [0.15, 0.2) is 0 Å². The van der Waals surface area contributed by atoms with Crippen molar-refractivity contribution in [3.8, 4) is 0 Å². The summed E-state index contributed by atoms with van der Waals surface area (Å²) in [7, 11) is 1.63. The molecule has 0 saturated carbocycles. The van der Waals surface area contributed by atoms with E-state index in [1.807, 2.05) is 0 Å². The van der Waals surface area contributed by atoms with E-state index in [0.29, 0.717) is 40.1 Å². The van der Waals surface area contributed by atoms with Gasteiger partial charge in [0, 0.05) is 26.5 Å². The molecule has 1 heterocycles. The number of nitrogens with one attached hydrogen (secondary N) is 2.